The molecule has 1 aliphatic carbocycles. The van der Waals surface area contributed by atoms with E-state index >= 15 is 0 Å². The summed E-state index contributed by atoms with van der Waals surface area (Å²) in [5.74, 6) is 2.20. The highest BCUT2D eigenvalue weighted by molar-refractivity contribution is 6.32. The Morgan fingerprint density at radius 1 is 1.29 bits per heavy atom. The zero-order chi connectivity index (χ0) is 15.2. The predicted octanol–water partition coefficient (Wildman–Crippen LogP) is 3.49. The van der Waals surface area contributed by atoms with E-state index < -0.39 is 6.10 Å². The molecular formula is C17H26ClNO2. The molecule has 21 heavy (non-hydrogen) atoms. The van der Waals surface area contributed by atoms with E-state index in [1.807, 2.05) is 18.2 Å². The highest BCUT2D eigenvalue weighted by atomic mass is 35.5. The van der Waals surface area contributed by atoms with Gasteiger partial charge in [-0.1, -0.05) is 37.6 Å². The van der Waals surface area contributed by atoms with E-state index in [0.717, 1.165) is 11.8 Å². The van der Waals surface area contributed by atoms with Gasteiger partial charge in [0.05, 0.1) is 5.02 Å². The second-order valence-electron chi connectivity index (χ2n) is 6.27. The number of benzene rings is 1. The van der Waals surface area contributed by atoms with Gasteiger partial charge < -0.3 is 15.2 Å². The van der Waals surface area contributed by atoms with Crippen molar-refractivity contribution in [2.45, 2.75) is 45.3 Å². The average Bonchev–Trinajstić information content (AvgIpc) is 2.47. The molecule has 0 spiro atoms. The number of para-hydroxylation sites is 1. The molecule has 0 bridgehead atoms. The summed E-state index contributed by atoms with van der Waals surface area (Å²) in [6, 6.07) is 7.85. The largest absolute Gasteiger partial charge is 0.489 e. The van der Waals surface area contributed by atoms with E-state index in [1.54, 1.807) is 6.07 Å². The Kier molecular flexibility index (Phi) is 6.34. The fourth-order valence-corrected chi connectivity index (χ4v) is 3.03. The number of aliphatic hydroxyl groups is 1. The van der Waals surface area contributed by atoms with Gasteiger partial charge in [0.1, 0.15) is 18.5 Å². The molecule has 0 aromatic heterocycles. The third-order valence-electron chi connectivity index (χ3n) is 4.51. The van der Waals surface area contributed by atoms with Gasteiger partial charge in [-0.25, -0.2) is 0 Å². The molecular weight excluding hydrogens is 286 g/mol. The zero-order valence-corrected chi connectivity index (χ0v) is 13.6. The van der Waals surface area contributed by atoms with Crippen molar-refractivity contribution in [1.82, 2.24) is 5.32 Å². The number of ether oxygens (including phenoxy) is 1. The van der Waals surface area contributed by atoms with Gasteiger partial charge in [0.15, 0.2) is 0 Å². The Hall–Kier alpha value is -0.770. The molecule has 4 atom stereocenters. The monoisotopic (exact) mass is 311 g/mol. The fourth-order valence-electron chi connectivity index (χ4n) is 2.84. The summed E-state index contributed by atoms with van der Waals surface area (Å²) in [5.41, 5.74) is 0. The molecule has 0 radical (unpaired) electrons. The molecule has 1 saturated carbocycles. The van der Waals surface area contributed by atoms with Gasteiger partial charge in [-0.15, -0.1) is 0 Å². The van der Waals surface area contributed by atoms with Crippen molar-refractivity contribution >= 4 is 11.6 Å². The highest BCUT2D eigenvalue weighted by Gasteiger charge is 2.24. The van der Waals surface area contributed by atoms with Crippen molar-refractivity contribution in [3.8, 4) is 5.75 Å². The summed E-state index contributed by atoms with van der Waals surface area (Å²) in [6.45, 7) is 5.47. The van der Waals surface area contributed by atoms with Crippen LogP contribution in [0.3, 0.4) is 0 Å². The first-order valence-electron chi connectivity index (χ1n) is 7.85. The van der Waals surface area contributed by atoms with Crippen molar-refractivity contribution in [2.75, 3.05) is 13.2 Å². The Morgan fingerprint density at radius 2 is 2.05 bits per heavy atom. The Bertz CT molecular complexity index is 441. The maximum Gasteiger partial charge on any atom is 0.138 e. The molecule has 118 valence electrons. The molecule has 1 fully saturated rings. The second-order valence-corrected chi connectivity index (χ2v) is 6.68. The van der Waals surface area contributed by atoms with E-state index in [2.05, 4.69) is 19.2 Å². The topological polar surface area (TPSA) is 41.5 Å². The molecule has 4 unspecified atom stereocenters. The number of halogens is 1. The minimum Gasteiger partial charge on any atom is -0.489 e. The van der Waals surface area contributed by atoms with Crippen LogP contribution < -0.4 is 10.1 Å². The number of hydrogen-bond acceptors (Lipinski definition) is 3. The van der Waals surface area contributed by atoms with Gasteiger partial charge in [0, 0.05) is 12.6 Å². The molecule has 2 N–H and O–H groups in total. The first-order valence-corrected chi connectivity index (χ1v) is 8.23. The fraction of sp³-hybridized carbons (Fsp3) is 0.647. The molecule has 0 amide bonds. The molecule has 0 aliphatic heterocycles. The summed E-state index contributed by atoms with van der Waals surface area (Å²) < 4.78 is 5.55. The number of hydrogen-bond donors (Lipinski definition) is 2. The van der Waals surface area contributed by atoms with E-state index in [-0.39, 0.29) is 6.61 Å². The quantitative estimate of drug-likeness (QED) is 0.845. The van der Waals surface area contributed by atoms with Crippen LogP contribution in [-0.2, 0) is 0 Å². The van der Waals surface area contributed by atoms with E-state index in [0.29, 0.717) is 23.4 Å². The smallest absolute Gasteiger partial charge is 0.138 e. The summed E-state index contributed by atoms with van der Waals surface area (Å²) in [7, 11) is 0. The maximum atomic E-state index is 10.0. The SMILES string of the molecule is CC1CCC(NCC(O)COc2ccccc2Cl)CC1C. The van der Waals surface area contributed by atoms with Crippen LogP contribution in [0, 0.1) is 11.8 Å². The van der Waals surface area contributed by atoms with Gasteiger partial charge >= 0.3 is 0 Å². The molecule has 2 rings (SSSR count). The van der Waals surface area contributed by atoms with Crippen LogP contribution in [0.25, 0.3) is 0 Å². The Labute approximate surface area is 132 Å². The van der Waals surface area contributed by atoms with Gasteiger partial charge in [-0.3, -0.25) is 0 Å². The Morgan fingerprint density at radius 3 is 2.76 bits per heavy atom. The van der Waals surface area contributed by atoms with Crippen molar-refractivity contribution < 1.29 is 9.84 Å². The second kappa shape index (κ2) is 8.02. The third-order valence-corrected chi connectivity index (χ3v) is 4.82. The van der Waals surface area contributed by atoms with Crippen LogP contribution in [0.5, 0.6) is 5.75 Å². The van der Waals surface area contributed by atoms with Crippen LogP contribution in [0.1, 0.15) is 33.1 Å². The number of nitrogens with one attached hydrogen (secondary N) is 1. The van der Waals surface area contributed by atoms with E-state index in [1.165, 1.54) is 19.3 Å². The first-order chi connectivity index (χ1) is 10.1. The highest BCUT2D eigenvalue weighted by Crippen LogP contribution is 2.29. The lowest BCUT2D eigenvalue weighted by Gasteiger charge is -2.33. The van der Waals surface area contributed by atoms with Gasteiger partial charge in [0.25, 0.3) is 0 Å². The van der Waals surface area contributed by atoms with E-state index in [4.69, 9.17) is 16.3 Å². The number of aliphatic hydroxyl groups excluding tert-OH is 1. The lowest BCUT2D eigenvalue weighted by molar-refractivity contribution is 0.0984. The maximum absolute atomic E-state index is 10.0. The molecule has 0 saturated heterocycles. The molecule has 3 nitrogen and oxygen atoms in total. The third kappa shape index (κ3) is 5.17. The van der Waals surface area contributed by atoms with Crippen molar-refractivity contribution in [3.63, 3.8) is 0 Å². The first kappa shape index (κ1) is 16.6. The minimum absolute atomic E-state index is 0.259. The lowest BCUT2D eigenvalue weighted by atomic mass is 9.79. The van der Waals surface area contributed by atoms with Crippen molar-refractivity contribution in [3.05, 3.63) is 29.3 Å². The predicted molar refractivity (Wildman–Crippen MR) is 86.9 cm³/mol. The molecule has 4 heteroatoms. The van der Waals surface area contributed by atoms with Crippen LogP contribution in [0.2, 0.25) is 5.02 Å². The summed E-state index contributed by atoms with van der Waals surface area (Å²) >= 11 is 6.01. The van der Waals surface area contributed by atoms with Crippen LogP contribution in [-0.4, -0.2) is 30.4 Å². The summed E-state index contributed by atoms with van der Waals surface area (Å²) in [5, 5.41) is 14.1. The lowest BCUT2D eigenvalue weighted by Crippen LogP contribution is -2.41. The molecule has 1 aromatic carbocycles. The standard InChI is InChI=1S/C17H26ClNO2/c1-12-7-8-14(9-13(12)2)19-10-15(20)11-21-17-6-4-3-5-16(17)18/h3-6,12-15,19-20H,7-11H2,1-2H3. The van der Waals surface area contributed by atoms with Crippen LogP contribution in [0.4, 0.5) is 0 Å². The average molecular weight is 312 g/mol. The minimum atomic E-state index is -0.518. The van der Waals surface area contributed by atoms with E-state index in [9.17, 15) is 5.11 Å². The molecule has 0 heterocycles. The molecule has 1 aromatic rings. The number of rotatable bonds is 6. The van der Waals surface area contributed by atoms with Gasteiger partial charge in [0.2, 0.25) is 0 Å². The summed E-state index contributed by atoms with van der Waals surface area (Å²) in [4.78, 5) is 0. The van der Waals surface area contributed by atoms with Gasteiger partial charge in [-0.2, -0.15) is 0 Å². The van der Waals surface area contributed by atoms with Crippen LogP contribution >= 0.6 is 11.6 Å². The zero-order valence-electron chi connectivity index (χ0n) is 12.9. The molecule has 1 aliphatic rings. The van der Waals surface area contributed by atoms with Crippen molar-refractivity contribution in [1.29, 1.82) is 0 Å². The van der Waals surface area contributed by atoms with Gasteiger partial charge in [-0.05, 0) is 43.2 Å². The summed E-state index contributed by atoms with van der Waals surface area (Å²) in [6.07, 6.45) is 3.14. The van der Waals surface area contributed by atoms with Crippen LogP contribution in [0.15, 0.2) is 24.3 Å². The Balaban J connectivity index is 1.68. The normalized spacial score (nSPS) is 27.3. The van der Waals surface area contributed by atoms with Crippen molar-refractivity contribution in [2.24, 2.45) is 11.8 Å².